The van der Waals surface area contributed by atoms with Crippen LogP contribution in [0.15, 0.2) is 50.4 Å². The Morgan fingerprint density at radius 1 is 1.33 bits per heavy atom. The molecule has 2 rings (SSSR count). The van der Waals surface area contributed by atoms with Crippen molar-refractivity contribution in [3.05, 3.63) is 40.8 Å². The van der Waals surface area contributed by atoms with Crippen LogP contribution in [0.5, 0.6) is 0 Å². The third kappa shape index (κ3) is 2.96. The fourth-order valence-corrected chi connectivity index (χ4v) is 2.32. The standard InChI is InChI=1S/C10H8BrN5OS/c11-6-2-1-4-13-9(6)18-10-14-5-3-7(15-10)8(12)16-17/h1-5,17H,(H2,12,16). The van der Waals surface area contributed by atoms with Crippen molar-refractivity contribution >= 4 is 33.5 Å². The number of aromatic nitrogens is 3. The summed E-state index contributed by atoms with van der Waals surface area (Å²) < 4.78 is 0.854. The van der Waals surface area contributed by atoms with E-state index in [4.69, 9.17) is 10.9 Å². The zero-order valence-electron chi connectivity index (χ0n) is 8.99. The summed E-state index contributed by atoms with van der Waals surface area (Å²) in [6.45, 7) is 0. The van der Waals surface area contributed by atoms with Crippen molar-refractivity contribution in [2.75, 3.05) is 0 Å². The lowest BCUT2D eigenvalue weighted by atomic mass is 10.4. The predicted octanol–water partition coefficient (Wildman–Crippen LogP) is 1.88. The molecule has 0 fully saturated rings. The number of nitrogens with two attached hydrogens (primary N) is 1. The monoisotopic (exact) mass is 325 g/mol. The maximum absolute atomic E-state index is 8.59. The fourth-order valence-electron chi connectivity index (χ4n) is 1.12. The molecular weight excluding hydrogens is 318 g/mol. The van der Waals surface area contributed by atoms with Crippen molar-refractivity contribution in [3.63, 3.8) is 0 Å². The minimum Gasteiger partial charge on any atom is -0.409 e. The lowest BCUT2D eigenvalue weighted by molar-refractivity contribution is 0.318. The van der Waals surface area contributed by atoms with Gasteiger partial charge in [0, 0.05) is 12.4 Å². The number of halogens is 1. The lowest BCUT2D eigenvalue weighted by Crippen LogP contribution is -2.15. The Hall–Kier alpha value is -1.67. The topological polar surface area (TPSA) is 97.3 Å². The van der Waals surface area contributed by atoms with Gasteiger partial charge in [0.25, 0.3) is 0 Å². The van der Waals surface area contributed by atoms with Crippen LogP contribution in [0.1, 0.15) is 5.69 Å². The number of oxime groups is 1. The van der Waals surface area contributed by atoms with Crippen LogP contribution in [0.25, 0.3) is 0 Å². The Morgan fingerprint density at radius 3 is 2.89 bits per heavy atom. The number of hydrogen-bond acceptors (Lipinski definition) is 6. The molecule has 0 amide bonds. The van der Waals surface area contributed by atoms with Crippen molar-refractivity contribution in [3.8, 4) is 0 Å². The molecule has 2 heterocycles. The van der Waals surface area contributed by atoms with Crippen LogP contribution >= 0.6 is 27.7 Å². The van der Waals surface area contributed by atoms with E-state index in [1.807, 2.05) is 12.1 Å². The molecule has 0 radical (unpaired) electrons. The van der Waals surface area contributed by atoms with Crippen LogP contribution in [-0.2, 0) is 0 Å². The van der Waals surface area contributed by atoms with E-state index in [1.165, 1.54) is 11.8 Å². The van der Waals surface area contributed by atoms with Crippen molar-refractivity contribution < 1.29 is 5.21 Å². The van der Waals surface area contributed by atoms with Crippen molar-refractivity contribution in [2.45, 2.75) is 10.2 Å². The SMILES string of the molecule is N/C(=N/O)c1ccnc(Sc2ncccc2Br)n1. The first kappa shape index (κ1) is 12.8. The summed E-state index contributed by atoms with van der Waals surface area (Å²) in [5.41, 5.74) is 5.83. The van der Waals surface area contributed by atoms with Gasteiger partial charge in [-0.15, -0.1) is 0 Å². The van der Waals surface area contributed by atoms with Gasteiger partial charge in [0.1, 0.15) is 10.7 Å². The van der Waals surface area contributed by atoms with E-state index in [0.29, 0.717) is 10.9 Å². The molecule has 2 aromatic heterocycles. The number of hydrogen-bond donors (Lipinski definition) is 2. The first-order valence-electron chi connectivity index (χ1n) is 4.80. The molecule has 0 unspecified atom stereocenters. The molecule has 0 aliphatic rings. The molecule has 0 aromatic carbocycles. The van der Waals surface area contributed by atoms with Gasteiger partial charge in [-0.25, -0.2) is 15.0 Å². The quantitative estimate of drug-likeness (QED) is 0.294. The third-order valence-electron chi connectivity index (χ3n) is 1.92. The first-order chi connectivity index (χ1) is 8.70. The summed E-state index contributed by atoms with van der Waals surface area (Å²) >= 11 is 4.67. The lowest BCUT2D eigenvalue weighted by Gasteiger charge is -2.03. The molecule has 0 bridgehead atoms. The van der Waals surface area contributed by atoms with Gasteiger partial charge in [-0.1, -0.05) is 5.16 Å². The average molecular weight is 326 g/mol. The van der Waals surface area contributed by atoms with Crippen LogP contribution < -0.4 is 5.73 Å². The van der Waals surface area contributed by atoms with E-state index in [-0.39, 0.29) is 5.84 Å². The van der Waals surface area contributed by atoms with E-state index >= 15 is 0 Å². The van der Waals surface area contributed by atoms with Gasteiger partial charge >= 0.3 is 0 Å². The predicted molar refractivity (Wildman–Crippen MR) is 70.6 cm³/mol. The normalized spacial score (nSPS) is 11.5. The molecule has 18 heavy (non-hydrogen) atoms. The Balaban J connectivity index is 2.28. The highest BCUT2D eigenvalue weighted by Gasteiger charge is 2.08. The molecule has 0 spiro atoms. The molecule has 2 aromatic rings. The van der Waals surface area contributed by atoms with Gasteiger partial charge in [0.05, 0.1) is 4.47 Å². The van der Waals surface area contributed by atoms with E-state index < -0.39 is 0 Å². The van der Waals surface area contributed by atoms with Crippen molar-refractivity contribution in [2.24, 2.45) is 10.9 Å². The highest BCUT2D eigenvalue weighted by Crippen LogP contribution is 2.28. The highest BCUT2D eigenvalue weighted by molar-refractivity contribution is 9.10. The molecule has 0 saturated carbocycles. The van der Waals surface area contributed by atoms with E-state index in [9.17, 15) is 0 Å². The van der Waals surface area contributed by atoms with Gasteiger partial charge in [0.15, 0.2) is 11.0 Å². The van der Waals surface area contributed by atoms with Crippen LogP contribution in [0, 0.1) is 0 Å². The minimum atomic E-state index is -0.0562. The van der Waals surface area contributed by atoms with Crippen molar-refractivity contribution in [1.82, 2.24) is 15.0 Å². The van der Waals surface area contributed by atoms with E-state index in [0.717, 1.165) is 9.50 Å². The Kier molecular flexibility index (Phi) is 4.11. The summed E-state index contributed by atoms with van der Waals surface area (Å²) in [5, 5.41) is 12.7. The second kappa shape index (κ2) is 5.78. The second-order valence-electron chi connectivity index (χ2n) is 3.10. The maximum atomic E-state index is 8.59. The molecule has 3 N–H and O–H groups in total. The summed E-state index contributed by atoms with van der Waals surface area (Å²) in [6.07, 6.45) is 3.22. The number of rotatable bonds is 3. The van der Waals surface area contributed by atoms with Crippen LogP contribution in [0.2, 0.25) is 0 Å². The van der Waals surface area contributed by atoms with Crippen LogP contribution in [0.3, 0.4) is 0 Å². The molecular formula is C10H8BrN5OS. The van der Waals surface area contributed by atoms with Gasteiger partial charge in [-0.3, -0.25) is 0 Å². The Labute approximate surface area is 115 Å². The molecule has 0 atom stereocenters. The highest BCUT2D eigenvalue weighted by atomic mass is 79.9. The summed E-state index contributed by atoms with van der Waals surface area (Å²) in [5.74, 6) is -0.0562. The fraction of sp³-hybridized carbons (Fsp3) is 0. The minimum absolute atomic E-state index is 0.0562. The van der Waals surface area contributed by atoms with Gasteiger partial charge in [0.2, 0.25) is 0 Å². The van der Waals surface area contributed by atoms with Gasteiger partial charge in [-0.2, -0.15) is 0 Å². The second-order valence-corrected chi connectivity index (χ2v) is 4.91. The maximum Gasteiger partial charge on any atom is 0.194 e. The number of nitrogens with zero attached hydrogens (tertiary/aromatic N) is 4. The Bertz CT molecular complexity index is 592. The summed E-state index contributed by atoms with van der Waals surface area (Å²) in [6, 6.07) is 5.26. The largest absolute Gasteiger partial charge is 0.409 e. The van der Waals surface area contributed by atoms with Gasteiger partial charge < -0.3 is 10.9 Å². The van der Waals surface area contributed by atoms with Crippen LogP contribution in [-0.4, -0.2) is 26.0 Å². The third-order valence-corrected chi connectivity index (χ3v) is 3.72. The zero-order valence-corrected chi connectivity index (χ0v) is 11.4. The van der Waals surface area contributed by atoms with Crippen LogP contribution in [0.4, 0.5) is 0 Å². The van der Waals surface area contributed by atoms with Gasteiger partial charge in [-0.05, 0) is 45.9 Å². The smallest absolute Gasteiger partial charge is 0.194 e. The molecule has 8 heteroatoms. The molecule has 0 aliphatic carbocycles. The molecule has 92 valence electrons. The molecule has 0 saturated heterocycles. The number of amidine groups is 1. The number of pyridine rings is 1. The van der Waals surface area contributed by atoms with Crippen molar-refractivity contribution in [1.29, 1.82) is 0 Å². The van der Waals surface area contributed by atoms with E-state index in [2.05, 4.69) is 36.0 Å². The Morgan fingerprint density at radius 2 is 2.17 bits per heavy atom. The molecule has 0 aliphatic heterocycles. The molecule has 6 nitrogen and oxygen atoms in total. The first-order valence-corrected chi connectivity index (χ1v) is 6.41. The average Bonchev–Trinajstić information content (AvgIpc) is 2.41. The van der Waals surface area contributed by atoms with E-state index in [1.54, 1.807) is 18.5 Å². The summed E-state index contributed by atoms with van der Waals surface area (Å²) in [4.78, 5) is 12.4. The zero-order chi connectivity index (χ0) is 13.0. The summed E-state index contributed by atoms with van der Waals surface area (Å²) in [7, 11) is 0.